The van der Waals surface area contributed by atoms with Gasteiger partial charge in [-0.25, -0.2) is 0 Å². The van der Waals surface area contributed by atoms with Gasteiger partial charge in [0.25, 0.3) is 0 Å². The Morgan fingerprint density at radius 2 is 1.66 bits per heavy atom. The van der Waals surface area contributed by atoms with Crippen molar-refractivity contribution < 1.29 is 0 Å². The number of hydrogen-bond donors (Lipinski definition) is 0. The van der Waals surface area contributed by atoms with Crippen molar-refractivity contribution >= 4 is 57.4 Å². The molecule has 0 saturated heterocycles. The van der Waals surface area contributed by atoms with Crippen molar-refractivity contribution in [1.29, 1.82) is 5.26 Å². The molecule has 0 fully saturated rings. The van der Waals surface area contributed by atoms with Crippen LogP contribution in [0.3, 0.4) is 0 Å². The fourth-order valence-electron chi connectivity index (χ4n) is 3.33. The highest BCUT2D eigenvalue weighted by Crippen LogP contribution is 2.30. The normalized spacial score (nSPS) is 11.6. The second-order valence-electron chi connectivity index (χ2n) is 6.62. The van der Waals surface area contributed by atoms with Crippen molar-refractivity contribution in [3.05, 3.63) is 105 Å². The second-order valence-corrected chi connectivity index (χ2v) is 7.84. The lowest BCUT2D eigenvalue weighted by molar-refractivity contribution is 0.836. The lowest BCUT2D eigenvalue weighted by atomic mass is 10.0. The van der Waals surface area contributed by atoms with Crippen molar-refractivity contribution in [3.8, 4) is 6.07 Å². The first-order valence-corrected chi connectivity index (χ1v) is 10.1. The molecular weight excluding hydrogens is 423 g/mol. The molecule has 1 aromatic heterocycles. The molecule has 0 N–H and O–H groups in total. The maximum atomic E-state index is 9.73. The first-order chi connectivity index (χ1) is 14.1. The zero-order valence-electron chi connectivity index (χ0n) is 15.2. The van der Waals surface area contributed by atoms with E-state index >= 15 is 0 Å². The third kappa shape index (κ3) is 4.04. The number of nitriles is 1. The molecule has 1 heterocycles. The quantitative estimate of drug-likeness (QED) is 0.300. The number of para-hydroxylation sites is 1. The van der Waals surface area contributed by atoms with Gasteiger partial charge in [0.05, 0.1) is 21.7 Å². The molecule has 0 saturated carbocycles. The van der Waals surface area contributed by atoms with E-state index in [1.807, 2.05) is 54.7 Å². The summed E-state index contributed by atoms with van der Waals surface area (Å²) in [6.45, 7) is 0.642. The molecule has 0 aliphatic heterocycles. The molecule has 3 aromatic carbocycles. The third-order valence-electron chi connectivity index (χ3n) is 4.77. The van der Waals surface area contributed by atoms with Gasteiger partial charge in [-0.1, -0.05) is 77.3 Å². The average Bonchev–Trinajstić information content (AvgIpc) is 3.07. The fourth-order valence-corrected chi connectivity index (χ4v) is 3.82. The molecule has 0 bridgehead atoms. The number of nitrogens with zero attached hydrogens (tertiary/aromatic N) is 2. The average molecular weight is 438 g/mol. The van der Waals surface area contributed by atoms with E-state index in [1.54, 1.807) is 18.2 Å². The zero-order valence-corrected chi connectivity index (χ0v) is 17.5. The molecular formula is C24H15Cl3N2. The molecule has 142 valence electrons. The smallest absolute Gasteiger partial charge is 0.0998 e. The summed E-state index contributed by atoms with van der Waals surface area (Å²) < 4.78 is 2.15. The van der Waals surface area contributed by atoms with Crippen LogP contribution in [0.5, 0.6) is 0 Å². The van der Waals surface area contributed by atoms with Crippen LogP contribution in [0.4, 0.5) is 0 Å². The summed E-state index contributed by atoms with van der Waals surface area (Å²) in [5, 5.41) is 12.4. The lowest BCUT2D eigenvalue weighted by Crippen LogP contribution is -1.98. The van der Waals surface area contributed by atoms with Gasteiger partial charge in [-0.15, -0.1) is 0 Å². The van der Waals surface area contributed by atoms with E-state index < -0.39 is 0 Å². The molecule has 2 nitrogen and oxygen atoms in total. The molecule has 0 unspecified atom stereocenters. The Morgan fingerprint density at radius 3 is 2.41 bits per heavy atom. The monoisotopic (exact) mass is 436 g/mol. The third-order valence-corrected chi connectivity index (χ3v) is 5.88. The number of rotatable bonds is 4. The number of fused-ring (bicyclic) bond motifs is 1. The second kappa shape index (κ2) is 8.35. The Kier molecular flexibility index (Phi) is 5.65. The molecule has 4 rings (SSSR count). The zero-order chi connectivity index (χ0) is 20.4. The largest absolute Gasteiger partial charge is 0.342 e. The van der Waals surface area contributed by atoms with Gasteiger partial charge in [0.2, 0.25) is 0 Å². The van der Waals surface area contributed by atoms with E-state index in [9.17, 15) is 5.26 Å². The van der Waals surface area contributed by atoms with E-state index in [-0.39, 0.29) is 0 Å². The highest BCUT2D eigenvalue weighted by atomic mass is 35.5. The summed E-state index contributed by atoms with van der Waals surface area (Å²) in [5.41, 5.74) is 4.31. The van der Waals surface area contributed by atoms with Gasteiger partial charge in [-0.05, 0) is 41.5 Å². The number of aromatic nitrogens is 1. The summed E-state index contributed by atoms with van der Waals surface area (Å²) >= 11 is 18.5. The Labute approximate surface area is 184 Å². The van der Waals surface area contributed by atoms with Gasteiger partial charge >= 0.3 is 0 Å². The minimum Gasteiger partial charge on any atom is -0.342 e. The predicted octanol–water partition coefficient (Wildman–Crippen LogP) is 7.71. The summed E-state index contributed by atoms with van der Waals surface area (Å²) in [4.78, 5) is 0. The van der Waals surface area contributed by atoms with Crippen molar-refractivity contribution in [2.45, 2.75) is 6.54 Å². The molecule has 0 spiro atoms. The SMILES string of the molecule is N#C/C(=C\c1cn(Cc2ccccc2Cl)c2ccccc12)c1ccc(Cl)c(Cl)c1. The van der Waals surface area contributed by atoms with Crippen LogP contribution < -0.4 is 0 Å². The standard InChI is InChI=1S/C24H15Cl3N2/c25-21-7-3-1-5-17(21)14-29-15-19(20-6-2-4-8-24(20)29)11-18(13-28)16-9-10-22(26)23(27)12-16/h1-12,15H,14H2/b18-11+. The van der Waals surface area contributed by atoms with E-state index in [1.165, 1.54) is 0 Å². The Morgan fingerprint density at radius 1 is 0.897 bits per heavy atom. The number of benzene rings is 3. The minimum atomic E-state index is 0.423. The van der Waals surface area contributed by atoms with Crippen LogP contribution in [0, 0.1) is 11.3 Å². The van der Waals surface area contributed by atoms with Crippen LogP contribution in [0.25, 0.3) is 22.6 Å². The number of allylic oxidation sites excluding steroid dienone is 1. The molecule has 4 aromatic rings. The van der Waals surface area contributed by atoms with Crippen molar-refractivity contribution in [3.63, 3.8) is 0 Å². The molecule has 0 aliphatic rings. The van der Waals surface area contributed by atoms with E-state index in [4.69, 9.17) is 34.8 Å². The Balaban J connectivity index is 1.81. The fraction of sp³-hybridized carbons (Fsp3) is 0.0417. The van der Waals surface area contributed by atoms with Crippen molar-refractivity contribution in [1.82, 2.24) is 4.57 Å². The van der Waals surface area contributed by atoms with E-state index in [2.05, 4.69) is 16.7 Å². The Bertz CT molecular complexity index is 1280. The first-order valence-electron chi connectivity index (χ1n) is 8.95. The molecule has 0 atom stereocenters. The molecule has 5 heteroatoms. The van der Waals surface area contributed by atoms with Crippen LogP contribution in [0.15, 0.2) is 72.9 Å². The molecule has 0 aliphatic carbocycles. The number of hydrogen-bond acceptors (Lipinski definition) is 1. The molecule has 29 heavy (non-hydrogen) atoms. The van der Waals surface area contributed by atoms with E-state index in [0.29, 0.717) is 22.2 Å². The van der Waals surface area contributed by atoms with Crippen LogP contribution in [-0.2, 0) is 6.54 Å². The minimum absolute atomic E-state index is 0.423. The summed E-state index contributed by atoms with van der Waals surface area (Å²) in [6, 6.07) is 23.4. The summed E-state index contributed by atoms with van der Waals surface area (Å²) in [7, 11) is 0. The van der Waals surface area contributed by atoms with Crippen LogP contribution in [0.1, 0.15) is 16.7 Å². The topological polar surface area (TPSA) is 28.7 Å². The first kappa shape index (κ1) is 19.6. The summed E-state index contributed by atoms with van der Waals surface area (Å²) in [6.07, 6.45) is 3.92. The van der Waals surface area contributed by atoms with Crippen LogP contribution in [-0.4, -0.2) is 4.57 Å². The van der Waals surface area contributed by atoms with Gasteiger partial charge in [0, 0.05) is 34.2 Å². The maximum Gasteiger partial charge on any atom is 0.0998 e. The van der Waals surface area contributed by atoms with Crippen molar-refractivity contribution in [2.24, 2.45) is 0 Å². The van der Waals surface area contributed by atoms with E-state index in [0.717, 1.165) is 32.6 Å². The summed E-state index contributed by atoms with van der Waals surface area (Å²) in [5.74, 6) is 0. The highest BCUT2D eigenvalue weighted by molar-refractivity contribution is 6.42. The van der Waals surface area contributed by atoms with Crippen LogP contribution >= 0.6 is 34.8 Å². The van der Waals surface area contributed by atoms with Gasteiger partial charge in [0.1, 0.15) is 0 Å². The molecule has 0 radical (unpaired) electrons. The predicted molar refractivity (Wildman–Crippen MR) is 122 cm³/mol. The lowest BCUT2D eigenvalue weighted by Gasteiger charge is -2.07. The van der Waals surface area contributed by atoms with Gasteiger partial charge < -0.3 is 4.57 Å². The number of halogens is 3. The highest BCUT2D eigenvalue weighted by Gasteiger charge is 2.11. The molecule has 0 amide bonds. The van der Waals surface area contributed by atoms with Gasteiger partial charge in [-0.2, -0.15) is 5.26 Å². The Hall–Kier alpha value is -2.70. The van der Waals surface area contributed by atoms with Gasteiger partial charge in [0.15, 0.2) is 0 Å². The van der Waals surface area contributed by atoms with Crippen LogP contribution in [0.2, 0.25) is 15.1 Å². The maximum absolute atomic E-state index is 9.73. The van der Waals surface area contributed by atoms with Gasteiger partial charge in [-0.3, -0.25) is 0 Å². The van der Waals surface area contributed by atoms with Crippen molar-refractivity contribution in [2.75, 3.05) is 0 Å².